The number of aromatic nitrogens is 3. The van der Waals surface area contributed by atoms with Crippen molar-refractivity contribution >= 4 is 17.2 Å². The Morgan fingerprint density at radius 3 is 2.87 bits per heavy atom. The molecule has 7 nitrogen and oxygen atoms in total. The van der Waals surface area contributed by atoms with Crippen molar-refractivity contribution < 1.29 is 13.9 Å². The fraction of sp³-hybridized carbons (Fsp3) is 0.600. The molecule has 0 atom stereocenters. The summed E-state index contributed by atoms with van der Waals surface area (Å²) in [5.41, 5.74) is 2.68. The lowest BCUT2D eigenvalue weighted by Gasteiger charge is -2.30. The molecule has 0 aromatic carbocycles. The van der Waals surface area contributed by atoms with Crippen molar-refractivity contribution in [2.75, 3.05) is 26.8 Å². The average Bonchev–Trinajstić information content (AvgIpc) is 3.21. The third kappa shape index (κ3) is 3.59. The first-order valence-corrected chi connectivity index (χ1v) is 8.57. The van der Waals surface area contributed by atoms with E-state index in [4.69, 9.17) is 9.15 Å². The fourth-order valence-electron chi connectivity index (χ4n) is 2.72. The Morgan fingerprint density at radius 2 is 2.22 bits per heavy atom. The van der Waals surface area contributed by atoms with Gasteiger partial charge >= 0.3 is 0 Å². The molecule has 0 radical (unpaired) electrons. The van der Waals surface area contributed by atoms with Gasteiger partial charge in [0.25, 0.3) is 5.89 Å². The summed E-state index contributed by atoms with van der Waals surface area (Å²) < 4.78 is 10.8. The number of carbonyl (C=O) groups excluding carboxylic acids is 1. The van der Waals surface area contributed by atoms with Gasteiger partial charge in [-0.2, -0.15) is 0 Å². The molecule has 1 aliphatic rings. The molecule has 0 N–H and O–H groups in total. The van der Waals surface area contributed by atoms with E-state index in [0.29, 0.717) is 24.8 Å². The van der Waals surface area contributed by atoms with Gasteiger partial charge in [0, 0.05) is 26.1 Å². The molecule has 3 rings (SSSR count). The van der Waals surface area contributed by atoms with Crippen molar-refractivity contribution in [1.82, 2.24) is 20.1 Å². The number of nitrogens with zero attached hydrogens (tertiary/aromatic N) is 4. The van der Waals surface area contributed by atoms with Crippen molar-refractivity contribution in [3.05, 3.63) is 17.1 Å². The van der Waals surface area contributed by atoms with Crippen LogP contribution in [0.5, 0.6) is 0 Å². The maximum absolute atomic E-state index is 12.0. The second-order valence-corrected chi connectivity index (χ2v) is 6.46. The van der Waals surface area contributed by atoms with Crippen LogP contribution in [0, 0.1) is 6.92 Å². The summed E-state index contributed by atoms with van der Waals surface area (Å²) in [4.78, 5) is 19.0. The van der Waals surface area contributed by atoms with Gasteiger partial charge in [0.05, 0.1) is 24.2 Å². The van der Waals surface area contributed by atoms with Crippen molar-refractivity contribution in [3.63, 3.8) is 0 Å². The molecule has 8 heteroatoms. The Labute approximate surface area is 138 Å². The highest BCUT2D eigenvalue weighted by atomic mass is 32.1. The van der Waals surface area contributed by atoms with Crippen molar-refractivity contribution in [2.45, 2.75) is 32.1 Å². The Bertz CT molecular complexity index is 661. The van der Waals surface area contributed by atoms with Crippen LogP contribution in [0.15, 0.2) is 9.93 Å². The lowest BCUT2D eigenvalue weighted by Crippen LogP contribution is -2.38. The van der Waals surface area contributed by atoms with Crippen molar-refractivity contribution in [2.24, 2.45) is 0 Å². The molecule has 1 fully saturated rings. The van der Waals surface area contributed by atoms with E-state index >= 15 is 0 Å². The van der Waals surface area contributed by atoms with Crippen LogP contribution in [0.4, 0.5) is 0 Å². The molecule has 23 heavy (non-hydrogen) atoms. The van der Waals surface area contributed by atoms with Gasteiger partial charge in [0.2, 0.25) is 11.8 Å². The van der Waals surface area contributed by atoms with Gasteiger partial charge < -0.3 is 14.1 Å². The third-order valence-electron chi connectivity index (χ3n) is 4.10. The molecule has 0 bridgehead atoms. The van der Waals surface area contributed by atoms with Gasteiger partial charge in [0.1, 0.15) is 4.88 Å². The zero-order valence-corrected chi connectivity index (χ0v) is 14.1. The van der Waals surface area contributed by atoms with Gasteiger partial charge in [-0.1, -0.05) is 0 Å². The van der Waals surface area contributed by atoms with Crippen LogP contribution in [0.25, 0.3) is 10.8 Å². The fourth-order valence-corrected chi connectivity index (χ4v) is 3.44. The molecule has 124 valence electrons. The van der Waals surface area contributed by atoms with Crippen LogP contribution in [0.3, 0.4) is 0 Å². The predicted molar refractivity (Wildman–Crippen MR) is 85.2 cm³/mol. The summed E-state index contributed by atoms with van der Waals surface area (Å²) in [6.45, 7) is 3.86. The minimum Gasteiger partial charge on any atom is -0.420 e. The minimum atomic E-state index is 0.150. The number of ether oxygens (including phenoxy) is 1. The van der Waals surface area contributed by atoms with E-state index in [0.717, 1.165) is 36.5 Å². The van der Waals surface area contributed by atoms with Crippen LogP contribution >= 0.6 is 11.3 Å². The summed E-state index contributed by atoms with van der Waals surface area (Å²) in [6, 6.07) is 0. The quantitative estimate of drug-likeness (QED) is 0.833. The molecule has 1 amide bonds. The van der Waals surface area contributed by atoms with E-state index < -0.39 is 0 Å². The monoisotopic (exact) mass is 336 g/mol. The Morgan fingerprint density at radius 1 is 1.43 bits per heavy atom. The van der Waals surface area contributed by atoms with E-state index in [-0.39, 0.29) is 11.8 Å². The maximum atomic E-state index is 12.0. The lowest BCUT2D eigenvalue weighted by molar-refractivity contribution is -0.133. The highest BCUT2D eigenvalue weighted by molar-refractivity contribution is 7.13. The molecule has 3 heterocycles. The molecule has 1 aliphatic heterocycles. The highest BCUT2D eigenvalue weighted by Gasteiger charge is 2.27. The van der Waals surface area contributed by atoms with E-state index in [1.807, 2.05) is 11.8 Å². The molecule has 2 aromatic rings. The second-order valence-electron chi connectivity index (χ2n) is 5.61. The number of rotatable bonds is 5. The summed E-state index contributed by atoms with van der Waals surface area (Å²) in [5.74, 6) is 1.57. The number of methoxy groups -OCH3 is 1. The minimum absolute atomic E-state index is 0.150. The van der Waals surface area contributed by atoms with Gasteiger partial charge in [-0.25, -0.2) is 4.98 Å². The number of hydrogen-bond acceptors (Lipinski definition) is 7. The highest BCUT2D eigenvalue weighted by Crippen LogP contribution is 2.31. The zero-order chi connectivity index (χ0) is 16.2. The molecule has 1 saturated heterocycles. The number of hydrogen-bond donors (Lipinski definition) is 0. The largest absolute Gasteiger partial charge is 0.420 e. The topological polar surface area (TPSA) is 81.4 Å². The van der Waals surface area contributed by atoms with E-state index in [1.54, 1.807) is 12.6 Å². The molecule has 0 aliphatic carbocycles. The third-order valence-corrected chi connectivity index (χ3v) is 5.01. The number of piperidine rings is 1. The van der Waals surface area contributed by atoms with Crippen molar-refractivity contribution in [3.8, 4) is 10.8 Å². The van der Waals surface area contributed by atoms with Gasteiger partial charge in [0.15, 0.2) is 0 Å². The standard InChI is InChI=1S/C15H20N4O3S/c1-10-13(23-9-16-10)15-18-17-14(22-15)11-3-6-19(7-4-11)12(20)5-8-21-2/h9,11H,3-8H2,1-2H3. The number of carbonyl (C=O) groups is 1. The van der Waals surface area contributed by atoms with Crippen LogP contribution in [0.2, 0.25) is 0 Å². The van der Waals surface area contributed by atoms with Crippen molar-refractivity contribution in [1.29, 1.82) is 0 Å². The van der Waals surface area contributed by atoms with E-state index in [2.05, 4.69) is 15.2 Å². The normalized spacial score (nSPS) is 16.0. The predicted octanol–water partition coefficient (Wildman–Crippen LogP) is 2.24. The SMILES string of the molecule is COCCC(=O)N1CCC(c2nnc(-c3scnc3C)o2)CC1. The van der Waals surface area contributed by atoms with Gasteiger partial charge in [-0.3, -0.25) is 4.79 Å². The zero-order valence-electron chi connectivity index (χ0n) is 13.3. The van der Waals surface area contributed by atoms with Gasteiger partial charge in [-0.15, -0.1) is 21.5 Å². The summed E-state index contributed by atoms with van der Waals surface area (Å²) in [5, 5.41) is 8.34. The average molecular weight is 336 g/mol. The number of aryl methyl sites for hydroxylation is 1. The number of amides is 1. The number of thiazole rings is 1. The first kappa shape index (κ1) is 16.1. The van der Waals surface area contributed by atoms with Crippen LogP contribution in [-0.2, 0) is 9.53 Å². The molecular weight excluding hydrogens is 316 g/mol. The second kappa shape index (κ2) is 7.18. The first-order chi connectivity index (χ1) is 11.2. The summed E-state index contributed by atoms with van der Waals surface area (Å²) >= 11 is 1.50. The Balaban J connectivity index is 1.59. The maximum Gasteiger partial charge on any atom is 0.259 e. The van der Waals surface area contributed by atoms with Crippen LogP contribution in [-0.4, -0.2) is 52.8 Å². The van der Waals surface area contributed by atoms with Crippen LogP contribution in [0.1, 0.15) is 36.8 Å². The molecule has 0 saturated carbocycles. The van der Waals surface area contributed by atoms with Gasteiger partial charge in [-0.05, 0) is 19.8 Å². The smallest absolute Gasteiger partial charge is 0.259 e. The molecule has 0 unspecified atom stereocenters. The summed E-state index contributed by atoms with van der Waals surface area (Å²) in [7, 11) is 1.61. The Hall–Kier alpha value is -1.80. The van der Waals surface area contributed by atoms with E-state index in [1.165, 1.54) is 11.3 Å². The van der Waals surface area contributed by atoms with E-state index in [9.17, 15) is 4.79 Å². The summed E-state index contributed by atoms with van der Waals surface area (Å²) in [6.07, 6.45) is 2.14. The Kier molecular flexibility index (Phi) is 5.02. The number of likely N-dealkylation sites (tertiary alicyclic amines) is 1. The molecule has 0 spiro atoms. The molecular formula is C15H20N4O3S. The molecule has 2 aromatic heterocycles. The van der Waals surface area contributed by atoms with Crippen LogP contribution < -0.4 is 0 Å². The lowest BCUT2D eigenvalue weighted by atomic mass is 9.96. The first-order valence-electron chi connectivity index (χ1n) is 7.69.